The van der Waals surface area contributed by atoms with Crippen LogP contribution in [0.1, 0.15) is 6.42 Å². The smallest absolute Gasteiger partial charge is 0.318 e. The summed E-state index contributed by atoms with van der Waals surface area (Å²) in [4.78, 5) is 21.0. The molecular formula is C9H12N4O2. The van der Waals surface area contributed by atoms with Crippen molar-refractivity contribution in [1.82, 2.24) is 9.97 Å². The maximum absolute atomic E-state index is 11.5. The zero-order chi connectivity index (χ0) is 10.8. The van der Waals surface area contributed by atoms with E-state index in [4.69, 9.17) is 10.5 Å². The molecular weight excluding hydrogens is 196 g/mol. The predicted octanol–water partition coefficient (Wildman–Crippen LogP) is -0.451. The van der Waals surface area contributed by atoms with Crippen LogP contribution in [0.4, 0.5) is 5.82 Å². The van der Waals surface area contributed by atoms with Crippen molar-refractivity contribution in [2.45, 2.75) is 12.5 Å². The minimum atomic E-state index is -0.113. The van der Waals surface area contributed by atoms with E-state index >= 15 is 0 Å². The van der Waals surface area contributed by atoms with Gasteiger partial charge in [0.05, 0.1) is 7.11 Å². The van der Waals surface area contributed by atoms with Crippen molar-refractivity contribution in [2.75, 3.05) is 18.6 Å². The molecule has 15 heavy (non-hydrogen) atoms. The van der Waals surface area contributed by atoms with Gasteiger partial charge in [-0.25, -0.2) is 4.98 Å². The fourth-order valence-electron chi connectivity index (χ4n) is 1.54. The Kier molecular flexibility index (Phi) is 2.51. The zero-order valence-electron chi connectivity index (χ0n) is 8.38. The van der Waals surface area contributed by atoms with Crippen LogP contribution in [0.15, 0.2) is 12.3 Å². The topological polar surface area (TPSA) is 81.3 Å². The summed E-state index contributed by atoms with van der Waals surface area (Å²) in [6.45, 7) is 0.499. The van der Waals surface area contributed by atoms with Gasteiger partial charge >= 0.3 is 6.01 Å². The Balaban J connectivity index is 2.25. The maximum atomic E-state index is 11.5. The Bertz CT molecular complexity index is 382. The molecule has 6 heteroatoms. The minimum Gasteiger partial charge on any atom is -0.467 e. The number of anilines is 1. The van der Waals surface area contributed by atoms with Crippen molar-refractivity contribution in [3.8, 4) is 6.01 Å². The molecule has 2 rings (SSSR count). The molecule has 1 fully saturated rings. The molecule has 0 aliphatic carbocycles. The van der Waals surface area contributed by atoms with E-state index in [-0.39, 0.29) is 18.0 Å². The molecule has 1 aromatic rings. The van der Waals surface area contributed by atoms with Gasteiger partial charge in [0.2, 0.25) is 5.91 Å². The van der Waals surface area contributed by atoms with Gasteiger partial charge in [0.1, 0.15) is 5.82 Å². The maximum Gasteiger partial charge on any atom is 0.318 e. The van der Waals surface area contributed by atoms with E-state index in [9.17, 15) is 4.79 Å². The van der Waals surface area contributed by atoms with Crippen LogP contribution in [-0.4, -0.2) is 35.6 Å². The molecule has 0 aromatic carbocycles. The highest BCUT2D eigenvalue weighted by Crippen LogP contribution is 2.19. The molecule has 1 aliphatic rings. The third kappa shape index (κ3) is 1.89. The van der Waals surface area contributed by atoms with Gasteiger partial charge in [-0.2, -0.15) is 4.98 Å². The molecule has 1 atom stereocenters. The molecule has 2 heterocycles. The van der Waals surface area contributed by atoms with Gasteiger partial charge in [-0.1, -0.05) is 0 Å². The highest BCUT2D eigenvalue weighted by Gasteiger charge is 2.29. The van der Waals surface area contributed by atoms with Crippen LogP contribution >= 0.6 is 0 Å². The predicted molar refractivity (Wildman–Crippen MR) is 53.5 cm³/mol. The van der Waals surface area contributed by atoms with E-state index in [0.717, 1.165) is 0 Å². The number of nitrogens with two attached hydrogens (primary N) is 1. The van der Waals surface area contributed by atoms with Crippen molar-refractivity contribution in [2.24, 2.45) is 5.73 Å². The Labute approximate surface area is 87.1 Å². The van der Waals surface area contributed by atoms with E-state index in [2.05, 4.69) is 9.97 Å². The van der Waals surface area contributed by atoms with Crippen LogP contribution in [0, 0.1) is 0 Å². The largest absolute Gasteiger partial charge is 0.467 e. The number of rotatable bonds is 2. The Morgan fingerprint density at radius 1 is 1.67 bits per heavy atom. The van der Waals surface area contributed by atoms with Crippen LogP contribution in [0.3, 0.4) is 0 Å². The van der Waals surface area contributed by atoms with Gasteiger partial charge in [0.15, 0.2) is 0 Å². The summed E-state index contributed by atoms with van der Waals surface area (Å²) >= 11 is 0. The number of methoxy groups -OCH3 is 1. The second kappa shape index (κ2) is 3.82. The molecule has 0 spiro atoms. The molecule has 1 saturated heterocycles. The number of nitrogens with zero attached hydrogens (tertiary/aromatic N) is 3. The molecule has 1 aliphatic heterocycles. The molecule has 0 saturated carbocycles. The summed E-state index contributed by atoms with van der Waals surface area (Å²) in [6.07, 6.45) is 1.92. The van der Waals surface area contributed by atoms with E-state index in [1.807, 2.05) is 0 Å². The van der Waals surface area contributed by atoms with E-state index in [1.54, 1.807) is 17.2 Å². The normalized spacial score (nSPS) is 20.8. The van der Waals surface area contributed by atoms with Gasteiger partial charge in [0.25, 0.3) is 0 Å². The Hall–Kier alpha value is -1.69. The van der Waals surface area contributed by atoms with Crippen molar-refractivity contribution >= 4 is 11.7 Å². The quantitative estimate of drug-likeness (QED) is 0.711. The number of hydrogen-bond acceptors (Lipinski definition) is 5. The van der Waals surface area contributed by atoms with Crippen LogP contribution in [0.2, 0.25) is 0 Å². The van der Waals surface area contributed by atoms with E-state index in [0.29, 0.717) is 18.8 Å². The van der Waals surface area contributed by atoms with Crippen LogP contribution in [0.5, 0.6) is 6.01 Å². The first kappa shape index (κ1) is 9.85. The van der Waals surface area contributed by atoms with Crippen molar-refractivity contribution in [3.05, 3.63) is 12.3 Å². The molecule has 0 radical (unpaired) electrons. The summed E-state index contributed by atoms with van der Waals surface area (Å²) in [6, 6.07) is 1.80. The number of hydrogen-bond donors (Lipinski definition) is 1. The third-order valence-corrected chi connectivity index (χ3v) is 2.23. The summed E-state index contributed by atoms with van der Waals surface area (Å²) < 4.78 is 4.89. The highest BCUT2D eigenvalue weighted by molar-refractivity contribution is 5.95. The average molecular weight is 208 g/mol. The number of aromatic nitrogens is 2. The summed E-state index contributed by atoms with van der Waals surface area (Å²) in [5.41, 5.74) is 5.69. The molecule has 1 aromatic heterocycles. The summed E-state index contributed by atoms with van der Waals surface area (Å²) in [5.74, 6) is 0.531. The number of amides is 1. The lowest BCUT2D eigenvalue weighted by Crippen LogP contribution is -2.28. The van der Waals surface area contributed by atoms with Crippen LogP contribution < -0.4 is 15.4 Å². The lowest BCUT2D eigenvalue weighted by Gasteiger charge is -2.14. The van der Waals surface area contributed by atoms with Gasteiger partial charge in [0, 0.05) is 25.2 Å². The van der Waals surface area contributed by atoms with Gasteiger partial charge in [-0.05, 0) is 6.07 Å². The van der Waals surface area contributed by atoms with Gasteiger partial charge in [-0.3, -0.25) is 9.69 Å². The van der Waals surface area contributed by atoms with Crippen LogP contribution in [-0.2, 0) is 4.79 Å². The first-order chi connectivity index (χ1) is 7.20. The Morgan fingerprint density at radius 3 is 3.07 bits per heavy atom. The number of ether oxygens (including phenoxy) is 1. The van der Waals surface area contributed by atoms with E-state index in [1.165, 1.54) is 7.11 Å². The molecule has 6 nitrogen and oxygen atoms in total. The molecule has 0 bridgehead atoms. The number of carbonyl (C=O) groups is 1. The standard InChI is InChI=1S/C9H12N4O2/c1-15-9-11-3-2-7(12-9)13-5-6(10)4-8(13)14/h2-3,6H,4-5,10H2,1H3. The van der Waals surface area contributed by atoms with Gasteiger partial charge < -0.3 is 10.5 Å². The third-order valence-electron chi connectivity index (χ3n) is 2.23. The SMILES string of the molecule is COc1nccc(N2CC(N)CC2=O)n1. The van der Waals surface area contributed by atoms with Crippen molar-refractivity contribution < 1.29 is 9.53 Å². The fourth-order valence-corrected chi connectivity index (χ4v) is 1.54. The Morgan fingerprint density at radius 2 is 2.47 bits per heavy atom. The highest BCUT2D eigenvalue weighted by atomic mass is 16.5. The number of carbonyl (C=O) groups excluding carboxylic acids is 1. The summed E-state index contributed by atoms with van der Waals surface area (Å²) in [7, 11) is 1.48. The van der Waals surface area contributed by atoms with Crippen molar-refractivity contribution in [1.29, 1.82) is 0 Å². The molecule has 1 unspecified atom stereocenters. The second-order valence-electron chi connectivity index (χ2n) is 3.37. The minimum absolute atomic E-state index is 0.0109. The zero-order valence-corrected chi connectivity index (χ0v) is 8.38. The average Bonchev–Trinajstić information content (AvgIpc) is 2.58. The molecule has 1 amide bonds. The lowest BCUT2D eigenvalue weighted by molar-refractivity contribution is -0.117. The van der Waals surface area contributed by atoms with Crippen LogP contribution in [0.25, 0.3) is 0 Å². The summed E-state index contributed by atoms with van der Waals surface area (Å²) in [5, 5.41) is 0. The molecule has 2 N–H and O–H groups in total. The fraction of sp³-hybridized carbons (Fsp3) is 0.444. The monoisotopic (exact) mass is 208 g/mol. The first-order valence-corrected chi connectivity index (χ1v) is 4.63. The second-order valence-corrected chi connectivity index (χ2v) is 3.37. The lowest BCUT2D eigenvalue weighted by atomic mass is 10.3. The first-order valence-electron chi connectivity index (χ1n) is 4.63. The van der Waals surface area contributed by atoms with E-state index < -0.39 is 0 Å². The van der Waals surface area contributed by atoms with Gasteiger partial charge in [-0.15, -0.1) is 0 Å². The van der Waals surface area contributed by atoms with Crippen molar-refractivity contribution in [3.63, 3.8) is 0 Å². The molecule has 80 valence electrons.